The van der Waals surface area contributed by atoms with E-state index in [1.807, 2.05) is 32.2 Å². The van der Waals surface area contributed by atoms with Gasteiger partial charge in [-0.3, -0.25) is 0 Å². The fraction of sp³-hybridized carbons (Fsp3) is 0.364. The molecular formula is C11H15N3. The fourth-order valence-electron chi connectivity index (χ4n) is 1.33. The maximum atomic E-state index is 8.77. The second-order valence-corrected chi connectivity index (χ2v) is 3.32. The van der Waals surface area contributed by atoms with Crippen molar-refractivity contribution in [2.45, 2.75) is 6.92 Å². The smallest absolute Gasteiger partial charge is 0.0994 e. The SMILES string of the molecule is Cc1cc(N(C)CCN)ccc1C#N. The molecule has 0 aliphatic heterocycles. The standard InChI is InChI=1S/C11H15N3/c1-9-7-11(14(2)6-5-12)4-3-10(9)8-13/h3-4,7H,5-6,12H2,1-2H3. The molecule has 74 valence electrons. The molecule has 0 saturated heterocycles. The zero-order valence-electron chi connectivity index (χ0n) is 8.62. The second-order valence-electron chi connectivity index (χ2n) is 3.32. The predicted octanol–water partition coefficient (Wildman–Crippen LogP) is 1.26. The Morgan fingerprint density at radius 1 is 1.50 bits per heavy atom. The third kappa shape index (κ3) is 2.24. The molecule has 0 radical (unpaired) electrons. The summed E-state index contributed by atoms with van der Waals surface area (Å²) in [7, 11) is 1.99. The van der Waals surface area contributed by atoms with Gasteiger partial charge in [-0.1, -0.05) is 0 Å². The second kappa shape index (κ2) is 4.64. The molecule has 3 heteroatoms. The van der Waals surface area contributed by atoms with E-state index in [4.69, 9.17) is 11.0 Å². The van der Waals surface area contributed by atoms with Crippen molar-refractivity contribution in [1.82, 2.24) is 0 Å². The van der Waals surface area contributed by atoms with Crippen LogP contribution in [0.1, 0.15) is 11.1 Å². The summed E-state index contributed by atoms with van der Waals surface area (Å²) >= 11 is 0. The summed E-state index contributed by atoms with van der Waals surface area (Å²) in [6.45, 7) is 3.40. The molecule has 0 unspecified atom stereocenters. The molecule has 0 fully saturated rings. The molecule has 0 aliphatic rings. The van der Waals surface area contributed by atoms with E-state index < -0.39 is 0 Å². The number of likely N-dealkylation sites (N-methyl/N-ethyl adjacent to an activating group) is 1. The molecule has 0 spiro atoms. The van der Waals surface area contributed by atoms with Crippen molar-refractivity contribution in [3.05, 3.63) is 29.3 Å². The van der Waals surface area contributed by atoms with Gasteiger partial charge in [-0.15, -0.1) is 0 Å². The van der Waals surface area contributed by atoms with Crippen molar-refractivity contribution >= 4 is 5.69 Å². The molecule has 14 heavy (non-hydrogen) atoms. The highest BCUT2D eigenvalue weighted by molar-refractivity contribution is 5.52. The molecule has 2 N–H and O–H groups in total. The average Bonchev–Trinajstić information content (AvgIpc) is 2.18. The quantitative estimate of drug-likeness (QED) is 0.778. The predicted molar refractivity (Wildman–Crippen MR) is 58.2 cm³/mol. The first-order valence-electron chi connectivity index (χ1n) is 4.61. The number of hydrogen-bond acceptors (Lipinski definition) is 3. The van der Waals surface area contributed by atoms with Gasteiger partial charge in [0.1, 0.15) is 0 Å². The highest BCUT2D eigenvalue weighted by Crippen LogP contribution is 2.17. The summed E-state index contributed by atoms with van der Waals surface area (Å²) < 4.78 is 0. The van der Waals surface area contributed by atoms with Crippen LogP contribution in [0.2, 0.25) is 0 Å². The van der Waals surface area contributed by atoms with Crippen molar-refractivity contribution < 1.29 is 0 Å². The number of rotatable bonds is 3. The molecule has 0 bridgehead atoms. The van der Waals surface area contributed by atoms with Gasteiger partial charge in [-0.25, -0.2) is 0 Å². The first kappa shape index (κ1) is 10.6. The Kier molecular flexibility index (Phi) is 3.49. The zero-order valence-corrected chi connectivity index (χ0v) is 8.62. The summed E-state index contributed by atoms with van der Waals surface area (Å²) in [5.74, 6) is 0. The largest absolute Gasteiger partial charge is 0.373 e. The Morgan fingerprint density at radius 3 is 2.71 bits per heavy atom. The number of nitrogens with zero attached hydrogens (tertiary/aromatic N) is 2. The molecule has 0 saturated carbocycles. The summed E-state index contributed by atoms with van der Waals surface area (Å²) in [6, 6.07) is 7.95. The van der Waals surface area contributed by atoms with Gasteiger partial charge in [-0.05, 0) is 30.7 Å². The minimum atomic E-state index is 0.634. The average molecular weight is 189 g/mol. The van der Waals surface area contributed by atoms with Crippen molar-refractivity contribution in [3.8, 4) is 6.07 Å². The lowest BCUT2D eigenvalue weighted by molar-refractivity contribution is 0.885. The van der Waals surface area contributed by atoms with E-state index in [1.54, 1.807) is 0 Å². The minimum Gasteiger partial charge on any atom is -0.373 e. The monoisotopic (exact) mass is 189 g/mol. The zero-order chi connectivity index (χ0) is 10.6. The summed E-state index contributed by atoms with van der Waals surface area (Å²) in [5, 5.41) is 8.77. The Hall–Kier alpha value is -1.53. The van der Waals surface area contributed by atoms with E-state index in [-0.39, 0.29) is 0 Å². The molecule has 1 aromatic carbocycles. The number of nitrogens with two attached hydrogens (primary N) is 1. The van der Waals surface area contributed by atoms with Gasteiger partial charge < -0.3 is 10.6 Å². The van der Waals surface area contributed by atoms with Crippen molar-refractivity contribution in [1.29, 1.82) is 5.26 Å². The van der Waals surface area contributed by atoms with Gasteiger partial charge in [-0.2, -0.15) is 5.26 Å². The molecule has 1 aromatic rings. The Morgan fingerprint density at radius 2 is 2.21 bits per heavy atom. The summed E-state index contributed by atoms with van der Waals surface area (Å²) in [4.78, 5) is 2.08. The Balaban J connectivity index is 2.92. The van der Waals surface area contributed by atoms with Crippen molar-refractivity contribution in [2.24, 2.45) is 5.73 Å². The van der Waals surface area contributed by atoms with Gasteiger partial charge in [0.15, 0.2) is 0 Å². The van der Waals surface area contributed by atoms with Crippen LogP contribution in [0.5, 0.6) is 0 Å². The first-order valence-corrected chi connectivity index (χ1v) is 4.61. The van der Waals surface area contributed by atoms with Gasteiger partial charge in [0.2, 0.25) is 0 Å². The minimum absolute atomic E-state index is 0.634. The first-order chi connectivity index (χ1) is 6.69. The van der Waals surface area contributed by atoms with Crippen LogP contribution in [0.3, 0.4) is 0 Å². The summed E-state index contributed by atoms with van der Waals surface area (Å²) in [5.41, 5.74) is 8.31. The van der Waals surface area contributed by atoms with Gasteiger partial charge in [0.25, 0.3) is 0 Å². The van der Waals surface area contributed by atoms with Crippen LogP contribution in [0.15, 0.2) is 18.2 Å². The molecular weight excluding hydrogens is 174 g/mol. The van der Waals surface area contributed by atoms with E-state index in [0.717, 1.165) is 23.4 Å². The van der Waals surface area contributed by atoms with Crippen LogP contribution < -0.4 is 10.6 Å². The normalized spacial score (nSPS) is 9.57. The van der Waals surface area contributed by atoms with Crippen LogP contribution in [-0.2, 0) is 0 Å². The van der Waals surface area contributed by atoms with Gasteiger partial charge in [0.05, 0.1) is 11.6 Å². The highest BCUT2D eigenvalue weighted by Gasteiger charge is 2.02. The van der Waals surface area contributed by atoms with Crippen molar-refractivity contribution in [2.75, 3.05) is 25.0 Å². The van der Waals surface area contributed by atoms with Crippen molar-refractivity contribution in [3.63, 3.8) is 0 Å². The van der Waals surface area contributed by atoms with Gasteiger partial charge >= 0.3 is 0 Å². The number of nitriles is 1. The number of aryl methyl sites for hydroxylation is 1. The number of hydrogen-bond donors (Lipinski definition) is 1. The van der Waals surface area contributed by atoms with Crippen LogP contribution >= 0.6 is 0 Å². The van der Waals surface area contributed by atoms with Crippen LogP contribution in [-0.4, -0.2) is 20.1 Å². The molecule has 0 aliphatic carbocycles. The Bertz CT molecular complexity index is 352. The fourth-order valence-corrected chi connectivity index (χ4v) is 1.33. The Labute approximate surface area is 84.7 Å². The lowest BCUT2D eigenvalue weighted by Gasteiger charge is -2.18. The van der Waals surface area contributed by atoms with E-state index in [9.17, 15) is 0 Å². The molecule has 0 atom stereocenters. The van der Waals surface area contributed by atoms with Crippen LogP contribution in [0.4, 0.5) is 5.69 Å². The summed E-state index contributed by atoms with van der Waals surface area (Å²) in [6.07, 6.45) is 0. The van der Waals surface area contributed by atoms with Crippen LogP contribution in [0, 0.1) is 18.3 Å². The third-order valence-electron chi connectivity index (χ3n) is 2.24. The number of anilines is 1. The highest BCUT2D eigenvalue weighted by atomic mass is 15.1. The third-order valence-corrected chi connectivity index (χ3v) is 2.24. The molecule has 1 rings (SSSR count). The molecule has 0 aromatic heterocycles. The lowest BCUT2D eigenvalue weighted by atomic mass is 10.1. The van der Waals surface area contributed by atoms with Crippen LogP contribution in [0.25, 0.3) is 0 Å². The van der Waals surface area contributed by atoms with E-state index in [0.29, 0.717) is 6.54 Å². The lowest BCUT2D eigenvalue weighted by Crippen LogP contribution is -2.24. The topological polar surface area (TPSA) is 53.0 Å². The number of benzene rings is 1. The molecule has 0 amide bonds. The van der Waals surface area contributed by atoms with E-state index in [2.05, 4.69) is 11.0 Å². The molecule has 3 nitrogen and oxygen atoms in total. The van der Waals surface area contributed by atoms with E-state index in [1.165, 1.54) is 0 Å². The van der Waals surface area contributed by atoms with E-state index >= 15 is 0 Å². The maximum absolute atomic E-state index is 8.77. The molecule has 0 heterocycles. The van der Waals surface area contributed by atoms with Gasteiger partial charge in [0, 0.05) is 25.8 Å². The maximum Gasteiger partial charge on any atom is 0.0994 e.